The quantitative estimate of drug-likeness (QED) is 0.375. The molecule has 1 unspecified atom stereocenters. The molecule has 3 aromatic rings. The number of benzene rings is 2. The van der Waals surface area contributed by atoms with E-state index in [1.165, 1.54) is 16.8 Å². The summed E-state index contributed by atoms with van der Waals surface area (Å²) in [4.78, 5) is 2.42. The molecule has 0 saturated carbocycles. The summed E-state index contributed by atoms with van der Waals surface area (Å²) in [5.74, 6) is -0.299. The summed E-state index contributed by atoms with van der Waals surface area (Å²) in [6, 6.07) is 8.80. The molecule has 8 heteroatoms. The number of alkyl halides is 3. The lowest BCUT2D eigenvalue weighted by Gasteiger charge is -2.47. The number of hydrogen-bond donors (Lipinski definition) is 0. The Morgan fingerprint density at radius 2 is 1.69 bits per heavy atom. The topological polar surface area (TPSA) is 30.3 Å². The van der Waals surface area contributed by atoms with Crippen LogP contribution in [0.4, 0.5) is 17.6 Å². The zero-order valence-corrected chi connectivity index (χ0v) is 20.9. The van der Waals surface area contributed by atoms with Gasteiger partial charge in [0.2, 0.25) is 0 Å². The molecule has 1 aliphatic heterocycles. The molecule has 0 amide bonds. The smallest absolute Gasteiger partial charge is 0.373 e. The van der Waals surface area contributed by atoms with E-state index in [4.69, 9.17) is 4.74 Å². The van der Waals surface area contributed by atoms with Crippen molar-refractivity contribution >= 4 is 10.9 Å². The van der Waals surface area contributed by atoms with Gasteiger partial charge in [-0.3, -0.25) is 9.58 Å². The Balaban J connectivity index is 1.63. The van der Waals surface area contributed by atoms with Crippen LogP contribution in [-0.2, 0) is 23.4 Å². The Morgan fingerprint density at radius 3 is 2.26 bits per heavy atom. The number of piperidine rings is 1. The van der Waals surface area contributed by atoms with Crippen LogP contribution in [0.25, 0.3) is 10.9 Å². The van der Waals surface area contributed by atoms with Gasteiger partial charge in [0.25, 0.3) is 0 Å². The van der Waals surface area contributed by atoms with Gasteiger partial charge >= 0.3 is 6.18 Å². The summed E-state index contributed by atoms with van der Waals surface area (Å²) in [5, 5.41) is 4.83. The molecule has 1 saturated heterocycles. The Morgan fingerprint density at radius 1 is 1.06 bits per heavy atom. The Bertz CT molecular complexity index is 1170. The summed E-state index contributed by atoms with van der Waals surface area (Å²) in [5.41, 5.74) is 0.880. The van der Waals surface area contributed by atoms with E-state index in [1.807, 2.05) is 0 Å². The first kappa shape index (κ1) is 25.6. The lowest BCUT2D eigenvalue weighted by atomic mass is 9.72. The van der Waals surface area contributed by atoms with Crippen molar-refractivity contribution in [2.75, 3.05) is 19.7 Å². The molecule has 0 aliphatic carbocycles. The molecule has 35 heavy (non-hydrogen) atoms. The summed E-state index contributed by atoms with van der Waals surface area (Å²) >= 11 is 0. The minimum Gasteiger partial charge on any atom is -0.373 e. The number of rotatable bonds is 5. The van der Waals surface area contributed by atoms with E-state index in [-0.39, 0.29) is 16.8 Å². The number of nitrogens with zero attached hydrogens (tertiary/aromatic N) is 3. The molecule has 2 aromatic carbocycles. The van der Waals surface area contributed by atoms with Crippen LogP contribution in [-0.4, -0.2) is 39.9 Å². The second kappa shape index (κ2) is 9.21. The first-order valence-corrected chi connectivity index (χ1v) is 12.0. The maximum absolute atomic E-state index is 13.7. The van der Waals surface area contributed by atoms with Crippen LogP contribution < -0.4 is 0 Å². The third kappa shape index (κ3) is 5.38. The standard InChI is InChI=1S/C27H33F4N3O/c1-18(23-15-21(27(29,30)31)14-19-16-33(5)32-24(19)23)35-17-26(20-6-8-22(28)9-7-20)10-12-34(13-11-26)25(2,3)4/h6-9,14-16,18H,10-13,17H2,1-5H3. The summed E-state index contributed by atoms with van der Waals surface area (Å²) < 4.78 is 62.3. The molecular weight excluding hydrogens is 458 g/mol. The highest BCUT2D eigenvalue weighted by molar-refractivity contribution is 5.83. The Labute approximate surface area is 203 Å². The number of fused-ring (bicyclic) bond motifs is 1. The lowest BCUT2D eigenvalue weighted by Crippen LogP contribution is -2.51. The highest BCUT2D eigenvalue weighted by Crippen LogP contribution is 2.40. The first-order chi connectivity index (χ1) is 16.3. The molecule has 0 bridgehead atoms. The second-order valence-corrected chi connectivity index (χ2v) is 10.7. The van der Waals surface area contributed by atoms with Crippen molar-refractivity contribution < 1.29 is 22.3 Å². The van der Waals surface area contributed by atoms with Crippen LogP contribution in [0.1, 0.15) is 63.3 Å². The van der Waals surface area contributed by atoms with E-state index < -0.39 is 17.8 Å². The van der Waals surface area contributed by atoms with Crippen LogP contribution in [0, 0.1) is 5.82 Å². The monoisotopic (exact) mass is 491 g/mol. The second-order valence-electron chi connectivity index (χ2n) is 10.7. The van der Waals surface area contributed by atoms with Crippen molar-refractivity contribution in [1.29, 1.82) is 0 Å². The van der Waals surface area contributed by atoms with Crippen LogP contribution >= 0.6 is 0 Å². The average molecular weight is 492 g/mol. The molecular formula is C27H33F4N3O. The van der Waals surface area contributed by atoms with E-state index in [0.717, 1.165) is 43.6 Å². The lowest BCUT2D eigenvalue weighted by molar-refractivity contribution is -0.137. The minimum absolute atomic E-state index is 0.0335. The fraction of sp³-hybridized carbons (Fsp3) is 0.519. The highest BCUT2D eigenvalue weighted by atomic mass is 19.4. The van der Waals surface area contributed by atoms with Gasteiger partial charge in [-0.25, -0.2) is 4.39 Å². The van der Waals surface area contributed by atoms with Gasteiger partial charge in [-0.15, -0.1) is 0 Å². The molecule has 2 heterocycles. The minimum atomic E-state index is -4.46. The summed E-state index contributed by atoms with van der Waals surface area (Å²) in [6.45, 7) is 10.3. The number of ether oxygens (including phenoxy) is 1. The zero-order valence-electron chi connectivity index (χ0n) is 20.9. The van der Waals surface area contributed by atoms with Crippen LogP contribution in [0.15, 0.2) is 42.6 Å². The van der Waals surface area contributed by atoms with E-state index in [1.54, 1.807) is 32.3 Å². The first-order valence-electron chi connectivity index (χ1n) is 12.0. The molecule has 1 fully saturated rings. The van der Waals surface area contributed by atoms with Gasteiger partial charge in [-0.1, -0.05) is 12.1 Å². The van der Waals surface area contributed by atoms with Gasteiger partial charge in [0, 0.05) is 35.1 Å². The molecule has 1 aromatic heterocycles. The van der Waals surface area contributed by atoms with Crippen LogP contribution in [0.5, 0.6) is 0 Å². The fourth-order valence-corrected chi connectivity index (χ4v) is 5.06. The van der Waals surface area contributed by atoms with Gasteiger partial charge in [-0.05, 0) is 83.5 Å². The van der Waals surface area contributed by atoms with Gasteiger partial charge < -0.3 is 4.74 Å². The van der Waals surface area contributed by atoms with Crippen molar-refractivity contribution in [2.45, 2.75) is 63.8 Å². The predicted molar refractivity (Wildman–Crippen MR) is 129 cm³/mol. The third-order valence-electron chi connectivity index (χ3n) is 7.25. The van der Waals surface area contributed by atoms with Crippen molar-refractivity contribution in [3.05, 3.63) is 65.1 Å². The van der Waals surface area contributed by atoms with E-state index >= 15 is 0 Å². The Kier molecular flexibility index (Phi) is 6.74. The van der Waals surface area contributed by atoms with Crippen molar-refractivity contribution in [1.82, 2.24) is 14.7 Å². The largest absolute Gasteiger partial charge is 0.416 e. The molecule has 1 aliphatic rings. The maximum Gasteiger partial charge on any atom is 0.416 e. The van der Waals surface area contributed by atoms with Gasteiger partial charge in [-0.2, -0.15) is 18.3 Å². The predicted octanol–water partition coefficient (Wildman–Crippen LogP) is 6.64. The Hall–Kier alpha value is -2.45. The molecule has 4 rings (SSSR count). The normalized spacial score (nSPS) is 18.2. The van der Waals surface area contributed by atoms with Crippen molar-refractivity contribution in [3.63, 3.8) is 0 Å². The SMILES string of the molecule is CC(OCC1(c2ccc(F)cc2)CCN(C(C)(C)C)CC1)c1cc(C(F)(F)F)cc2cn(C)nc12. The molecule has 4 nitrogen and oxygen atoms in total. The summed E-state index contributed by atoms with van der Waals surface area (Å²) in [6.07, 6.45) is -1.86. The van der Waals surface area contributed by atoms with Gasteiger partial charge in [0.15, 0.2) is 0 Å². The zero-order chi connectivity index (χ0) is 25.6. The number of likely N-dealkylation sites (tertiary alicyclic amines) is 1. The van der Waals surface area contributed by atoms with Crippen molar-refractivity contribution in [3.8, 4) is 0 Å². The fourth-order valence-electron chi connectivity index (χ4n) is 5.06. The van der Waals surface area contributed by atoms with Gasteiger partial charge in [0.1, 0.15) is 5.82 Å². The molecule has 0 spiro atoms. The maximum atomic E-state index is 13.7. The number of hydrogen-bond acceptors (Lipinski definition) is 3. The number of aromatic nitrogens is 2. The molecule has 0 N–H and O–H groups in total. The van der Waals surface area contributed by atoms with E-state index in [9.17, 15) is 17.6 Å². The van der Waals surface area contributed by atoms with Gasteiger partial charge in [0.05, 0.1) is 23.8 Å². The average Bonchev–Trinajstić information content (AvgIpc) is 3.16. The third-order valence-corrected chi connectivity index (χ3v) is 7.25. The molecule has 190 valence electrons. The highest BCUT2D eigenvalue weighted by Gasteiger charge is 2.40. The summed E-state index contributed by atoms with van der Waals surface area (Å²) in [7, 11) is 1.69. The molecule has 1 atom stereocenters. The van der Waals surface area contributed by atoms with E-state index in [2.05, 4.69) is 30.8 Å². The number of aryl methyl sites for hydroxylation is 1. The van der Waals surface area contributed by atoms with Crippen LogP contribution in [0.3, 0.4) is 0 Å². The van der Waals surface area contributed by atoms with Crippen molar-refractivity contribution in [2.24, 2.45) is 7.05 Å². The van der Waals surface area contributed by atoms with E-state index in [0.29, 0.717) is 23.1 Å². The van der Waals surface area contributed by atoms with Crippen LogP contribution in [0.2, 0.25) is 0 Å². The number of halogens is 4. The molecule has 0 radical (unpaired) electrons.